The first-order chi connectivity index (χ1) is 12.7. The zero-order valence-electron chi connectivity index (χ0n) is 14.9. The van der Waals surface area contributed by atoms with Crippen LogP contribution < -0.4 is 4.74 Å². The van der Waals surface area contributed by atoms with Crippen molar-refractivity contribution in [3.05, 3.63) is 35.5 Å². The number of unbranched alkanes of at least 4 members (excludes halogenated alkanes) is 1. The molecule has 142 valence electrons. The van der Waals surface area contributed by atoms with Gasteiger partial charge in [0.2, 0.25) is 0 Å². The molecular formula is C19H24ClNO5. The fraction of sp³-hybridized carbons (Fsp3) is 0.474. The quantitative estimate of drug-likeness (QED) is 0.413. The van der Waals surface area contributed by atoms with E-state index in [1.807, 2.05) is 6.07 Å². The van der Waals surface area contributed by atoms with Gasteiger partial charge in [-0.3, -0.25) is 4.98 Å². The van der Waals surface area contributed by atoms with Crippen LogP contribution in [0.2, 0.25) is 5.02 Å². The monoisotopic (exact) mass is 381 g/mol. The zero-order chi connectivity index (χ0) is 18.6. The van der Waals surface area contributed by atoms with E-state index in [-0.39, 0.29) is 13.2 Å². The first-order valence-corrected chi connectivity index (χ1v) is 9.07. The molecule has 0 spiro atoms. The van der Waals surface area contributed by atoms with Crippen LogP contribution in [0.25, 0.3) is 10.9 Å². The molecule has 26 heavy (non-hydrogen) atoms. The molecule has 0 saturated carbocycles. The molecule has 0 saturated heterocycles. The summed E-state index contributed by atoms with van der Waals surface area (Å²) in [6.45, 7) is 4.21. The molecule has 2 rings (SSSR count). The normalized spacial score (nSPS) is 10.8. The molecule has 0 unspecified atom stereocenters. The number of nitrogens with zero attached hydrogens (tertiary/aromatic N) is 1. The van der Waals surface area contributed by atoms with Crippen LogP contribution in [0.15, 0.2) is 30.5 Å². The average Bonchev–Trinajstić information content (AvgIpc) is 2.66. The lowest BCUT2D eigenvalue weighted by atomic mass is 10.2. The highest BCUT2D eigenvalue weighted by Gasteiger charge is 2.09. The van der Waals surface area contributed by atoms with E-state index in [0.29, 0.717) is 36.1 Å². The molecule has 1 aromatic heterocycles. The summed E-state index contributed by atoms with van der Waals surface area (Å²) in [5.74, 6) is 0.0225. The summed E-state index contributed by atoms with van der Waals surface area (Å²) in [5, 5.41) is 1.36. The second-order valence-electron chi connectivity index (χ2n) is 5.53. The Kier molecular flexibility index (Phi) is 9.17. The van der Waals surface area contributed by atoms with Gasteiger partial charge in [-0.15, -0.1) is 0 Å². The number of hydrogen-bond donors (Lipinski definition) is 0. The first kappa shape index (κ1) is 20.4. The Morgan fingerprint density at radius 3 is 2.65 bits per heavy atom. The van der Waals surface area contributed by atoms with E-state index in [2.05, 4.69) is 11.9 Å². The summed E-state index contributed by atoms with van der Waals surface area (Å²) in [6.07, 6.45) is 3.81. The number of benzene rings is 1. The Labute approximate surface area is 158 Å². The summed E-state index contributed by atoms with van der Waals surface area (Å²) in [7, 11) is 0. The van der Waals surface area contributed by atoms with E-state index in [9.17, 15) is 4.79 Å². The molecule has 0 atom stereocenters. The van der Waals surface area contributed by atoms with Crippen LogP contribution >= 0.6 is 11.6 Å². The first-order valence-electron chi connectivity index (χ1n) is 8.69. The van der Waals surface area contributed by atoms with E-state index in [0.717, 1.165) is 24.8 Å². The van der Waals surface area contributed by atoms with Crippen LogP contribution in [0.3, 0.4) is 0 Å². The van der Waals surface area contributed by atoms with Crippen molar-refractivity contribution in [2.75, 3.05) is 39.6 Å². The minimum atomic E-state index is -0.466. The van der Waals surface area contributed by atoms with Crippen molar-refractivity contribution in [2.45, 2.75) is 19.8 Å². The number of pyridine rings is 1. The summed E-state index contributed by atoms with van der Waals surface area (Å²) in [5.41, 5.74) is 0.610. The van der Waals surface area contributed by atoms with E-state index >= 15 is 0 Å². The maximum atomic E-state index is 11.8. The molecule has 0 bridgehead atoms. The number of hydrogen-bond acceptors (Lipinski definition) is 6. The van der Waals surface area contributed by atoms with Crippen molar-refractivity contribution in [1.82, 2.24) is 4.98 Å². The topological polar surface area (TPSA) is 66.9 Å². The van der Waals surface area contributed by atoms with E-state index < -0.39 is 5.97 Å². The summed E-state index contributed by atoms with van der Waals surface area (Å²) < 4.78 is 21.3. The van der Waals surface area contributed by atoms with E-state index in [4.69, 9.17) is 30.5 Å². The highest BCUT2D eigenvalue weighted by Crippen LogP contribution is 2.29. The van der Waals surface area contributed by atoms with Crippen molar-refractivity contribution in [3.8, 4) is 5.75 Å². The Morgan fingerprint density at radius 2 is 1.85 bits per heavy atom. The van der Waals surface area contributed by atoms with Crippen molar-refractivity contribution in [3.63, 3.8) is 0 Å². The fourth-order valence-electron chi connectivity index (χ4n) is 2.19. The largest absolute Gasteiger partial charge is 0.480 e. The summed E-state index contributed by atoms with van der Waals surface area (Å²) >= 11 is 6.13. The van der Waals surface area contributed by atoms with Crippen LogP contribution in [-0.2, 0) is 19.0 Å². The van der Waals surface area contributed by atoms with Crippen LogP contribution in [0.1, 0.15) is 19.8 Å². The highest BCUT2D eigenvalue weighted by molar-refractivity contribution is 6.35. The Hall–Kier alpha value is -1.89. The van der Waals surface area contributed by atoms with E-state index in [1.165, 1.54) is 0 Å². The molecule has 7 heteroatoms. The zero-order valence-corrected chi connectivity index (χ0v) is 15.7. The Balaban J connectivity index is 1.63. The molecule has 1 aromatic carbocycles. The van der Waals surface area contributed by atoms with Crippen molar-refractivity contribution in [2.24, 2.45) is 0 Å². The van der Waals surface area contributed by atoms with Gasteiger partial charge in [-0.2, -0.15) is 0 Å². The average molecular weight is 382 g/mol. The number of carbonyl (C=O) groups excluding carboxylic acids is 1. The van der Waals surface area contributed by atoms with Gasteiger partial charge in [-0.25, -0.2) is 4.79 Å². The van der Waals surface area contributed by atoms with Gasteiger partial charge in [0.15, 0.2) is 6.61 Å². The summed E-state index contributed by atoms with van der Waals surface area (Å²) in [6, 6.07) is 7.04. The third kappa shape index (κ3) is 6.78. The second kappa shape index (κ2) is 11.7. The molecule has 0 amide bonds. The van der Waals surface area contributed by atoms with Crippen LogP contribution in [0.4, 0.5) is 0 Å². The lowest BCUT2D eigenvalue weighted by Crippen LogP contribution is -2.18. The van der Waals surface area contributed by atoms with Gasteiger partial charge in [0.25, 0.3) is 0 Å². The molecule has 0 N–H and O–H groups in total. The predicted octanol–water partition coefficient (Wildman–Crippen LogP) is 3.64. The maximum absolute atomic E-state index is 11.8. The lowest BCUT2D eigenvalue weighted by molar-refractivity contribution is -0.147. The molecule has 1 heterocycles. The van der Waals surface area contributed by atoms with E-state index in [1.54, 1.807) is 24.4 Å². The third-order valence-corrected chi connectivity index (χ3v) is 3.86. The smallest absolute Gasteiger partial charge is 0.344 e. The predicted molar refractivity (Wildman–Crippen MR) is 99.8 cm³/mol. The number of ether oxygens (including phenoxy) is 4. The molecule has 0 fully saturated rings. The third-order valence-electron chi connectivity index (χ3n) is 3.53. The molecule has 0 aliphatic heterocycles. The van der Waals surface area contributed by atoms with Crippen molar-refractivity contribution < 1.29 is 23.7 Å². The Morgan fingerprint density at radius 1 is 1.08 bits per heavy atom. The molecule has 0 radical (unpaired) electrons. The molecule has 6 nitrogen and oxygen atoms in total. The fourth-order valence-corrected chi connectivity index (χ4v) is 2.41. The van der Waals surface area contributed by atoms with Gasteiger partial charge in [-0.05, 0) is 30.7 Å². The van der Waals surface area contributed by atoms with Gasteiger partial charge in [0.05, 0.1) is 24.8 Å². The van der Waals surface area contributed by atoms with Gasteiger partial charge in [-0.1, -0.05) is 24.9 Å². The van der Waals surface area contributed by atoms with Gasteiger partial charge < -0.3 is 18.9 Å². The maximum Gasteiger partial charge on any atom is 0.344 e. The minimum Gasteiger partial charge on any atom is -0.480 e. The molecule has 0 aliphatic rings. The van der Waals surface area contributed by atoms with Crippen molar-refractivity contribution >= 4 is 28.5 Å². The van der Waals surface area contributed by atoms with Crippen LogP contribution in [0, 0.1) is 0 Å². The number of aromatic nitrogens is 1. The van der Waals surface area contributed by atoms with Gasteiger partial charge >= 0.3 is 5.97 Å². The van der Waals surface area contributed by atoms with Crippen LogP contribution in [-0.4, -0.2) is 50.6 Å². The molecular weight excluding hydrogens is 358 g/mol. The van der Waals surface area contributed by atoms with Crippen LogP contribution in [0.5, 0.6) is 5.75 Å². The molecule has 2 aromatic rings. The lowest BCUT2D eigenvalue weighted by Gasteiger charge is -2.10. The van der Waals surface area contributed by atoms with Crippen molar-refractivity contribution in [1.29, 1.82) is 0 Å². The number of carbonyl (C=O) groups is 1. The van der Waals surface area contributed by atoms with Gasteiger partial charge in [0.1, 0.15) is 17.9 Å². The second-order valence-corrected chi connectivity index (χ2v) is 5.94. The number of halogens is 1. The minimum absolute atomic E-state index is 0.177. The van der Waals surface area contributed by atoms with Gasteiger partial charge in [0, 0.05) is 18.2 Å². The number of rotatable bonds is 12. The summed E-state index contributed by atoms with van der Waals surface area (Å²) in [4.78, 5) is 16.0. The highest BCUT2D eigenvalue weighted by atomic mass is 35.5. The SMILES string of the molecule is CCCCOCCOCCOC(=O)COc1ccc(Cl)c2cccnc12. The number of esters is 1. The standard InChI is InChI=1S/C19H24ClNO5/c1-2-3-9-23-10-11-24-12-13-25-18(22)14-26-17-7-6-16(20)15-5-4-8-21-19(15)17/h4-8H,2-3,9-14H2,1H3. The number of fused-ring (bicyclic) bond motifs is 1. The Bertz CT molecular complexity index is 695. The molecule has 0 aliphatic carbocycles.